The molecular formula is C35H40N6O3. The molecule has 1 saturated heterocycles. The smallest absolute Gasteiger partial charge is 0.287 e. The highest BCUT2D eigenvalue weighted by atomic mass is 16.3. The number of guanidine groups is 1. The monoisotopic (exact) mass is 592 g/mol. The third-order valence-corrected chi connectivity index (χ3v) is 7.98. The summed E-state index contributed by atoms with van der Waals surface area (Å²) in [7, 11) is 0. The highest BCUT2D eigenvalue weighted by molar-refractivity contribution is 5.92. The minimum Gasteiger partial charge on any atom is -0.451 e. The molecule has 1 aliphatic rings. The summed E-state index contributed by atoms with van der Waals surface area (Å²) in [4.78, 5) is 29.0. The quantitative estimate of drug-likeness (QED) is 0.0944. The lowest BCUT2D eigenvalue weighted by Crippen LogP contribution is -2.49. The van der Waals surface area contributed by atoms with Crippen LogP contribution in [0.2, 0.25) is 0 Å². The molecule has 228 valence electrons. The van der Waals surface area contributed by atoms with Gasteiger partial charge in [0.25, 0.3) is 5.91 Å². The number of nitrogens with two attached hydrogens (primary N) is 1. The number of carbonyl (C=O) groups is 2. The Morgan fingerprint density at radius 2 is 1.57 bits per heavy atom. The minimum atomic E-state index is -0.436. The number of benzene rings is 3. The second kappa shape index (κ2) is 15.0. The zero-order valence-corrected chi connectivity index (χ0v) is 24.7. The number of furan rings is 1. The van der Waals surface area contributed by atoms with Crippen molar-refractivity contribution < 1.29 is 14.0 Å². The molecule has 1 fully saturated rings. The predicted molar refractivity (Wildman–Crippen MR) is 172 cm³/mol. The zero-order chi connectivity index (χ0) is 30.7. The lowest BCUT2D eigenvalue weighted by atomic mass is 9.90. The fourth-order valence-electron chi connectivity index (χ4n) is 5.67. The molecule has 3 aromatic carbocycles. The lowest BCUT2D eigenvalue weighted by Gasteiger charge is -2.29. The average Bonchev–Trinajstić information content (AvgIpc) is 3.51. The van der Waals surface area contributed by atoms with Gasteiger partial charge in [0.1, 0.15) is 5.76 Å². The molecule has 0 spiro atoms. The van der Waals surface area contributed by atoms with Gasteiger partial charge >= 0.3 is 0 Å². The fraction of sp³-hybridized carbons (Fsp3) is 0.286. The molecule has 5 rings (SSSR count). The van der Waals surface area contributed by atoms with Crippen LogP contribution in [0.1, 0.15) is 46.9 Å². The van der Waals surface area contributed by atoms with Gasteiger partial charge in [0, 0.05) is 43.7 Å². The van der Waals surface area contributed by atoms with E-state index in [4.69, 9.17) is 15.6 Å². The predicted octanol–water partition coefficient (Wildman–Crippen LogP) is 4.33. The van der Waals surface area contributed by atoms with E-state index < -0.39 is 6.04 Å². The summed E-state index contributed by atoms with van der Waals surface area (Å²) in [5.41, 5.74) is 8.67. The summed E-state index contributed by atoms with van der Waals surface area (Å²) in [5.74, 6) is 0.560. The molecular weight excluding hydrogens is 552 g/mol. The molecule has 44 heavy (non-hydrogen) atoms. The van der Waals surface area contributed by atoms with Crippen LogP contribution in [0.4, 0.5) is 0 Å². The van der Waals surface area contributed by atoms with E-state index in [1.54, 1.807) is 12.1 Å². The molecule has 2 atom stereocenters. The second-order valence-electron chi connectivity index (χ2n) is 11.1. The van der Waals surface area contributed by atoms with Crippen LogP contribution < -0.4 is 21.7 Å². The van der Waals surface area contributed by atoms with E-state index >= 15 is 0 Å². The molecule has 2 amide bonds. The van der Waals surface area contributed by atoms with Gasteiger partial charge in [-0.25, -0.2) is 0 Å². The second-order valence-corrected chi connectivity index (χ2v) is 11.1. The molecule has 0 saturated carbocycles. The molecule has 0 aliphatic carbocycles. The van der Waals surface area contributed by atoms with Gasteiger partial charge in [-0.2, -0.15) is 0 Å². The number of hydrogen-bond acceptors (Lipinski definition) is 5. The third kappa shape index (κ3) is 8.14. The number of rotatable bonds is 12. The number of amides is 2. The molecule has 0 unspecified atom stereocenters. The van der Waals surface area contributed by atoms with Crippen molar-refractivity contribution in [3.8, 4) is 11.3 Å². The Kier molecular flexibility index (Phi) is 10.4. The van der Waals surface area contributed by atoms with E-state index in [9.17, 15) is 9.59 Å². The van der Waals surface area contributed by atoms with Crippen LogP contribution >= 0.6 is 0 Å². The number of hydrogen-bond donors (Lipinski definition) is 5. The summed E-state index contributed by atoms with van der Waals surface area (Å²) in [5, 5.41) is 16.8. The van der Waals surface area contributed by atoms with E-state index in [1.165, 1.54) is 0 Å². The number of carbonyl (C=O) groups excluding carboxylic acids is 2. The Labute approximate surface area is 258 Å². The van der Waals surface area contributed by atoms with Crippen molar-refractivity contribution in [1.29, 1.82) is 5.41 Å². The Balaban J connectivity index is 1.28. The normalized spacial score (nSPS) is 16.8. The van der Waals surface area contributed by atoms with Crippen molar-refractivity contribution in [2.24, 2.45) is 5.73 Å². The molecule has 9 nitrogen and oxygen atoms in total. The van der Waals surface area contributed by atoms with Crippen molar-refractivity contribution >= 4 is 17.8 Å². The van der Waals surface area contributed by atoms with E-state index in [1.807, 2.05) is 71.6 Å². The summed E-state index contributed by atoms with van der Waals surface area (Å²) in [6.07, 6.45) is 1.91. The van der Waals surface area contributed by atoms with Crippen LogP contribution in [0.3, 0.4) is 0 Å². The molecule has 1 aliphatic heterocycles. The molecule has 0 radical (unpaired) electrons. The summed E-state index contributed by atoms with van der Waals surface area (Å²) < 4.78 is 5.83. The van der Waals surface area contributed by atoms with Crippen molar-refractivity contribution in [2.75, 3.05) is 26.2 Å². The lowest BCUT2D eigenvalue weighted by molar-refractivity contribution is -0.133. The highest BCUT2D eigenvalue weighted by Crippen LogP contribution is 2.27. The Morgan fingerprint density at radius 3 is 2.20 bits per heavy atom. The van der Waals surface area contributed by atoms with Gasteiger partial charge in [0.05, 0.1) is 6.04 Å². The molecule has 9 heteroatoms. The summed E-state index contributed by atoms with van der Waals surface area (Å²) in [6, 6.07) is 33.1. The first-order valence-electron chi connectivity index (χ1n) is 15.1. The molecule has 6 N–H and O–H groups in total. The SMILES string of the molecule is N=C(N)NCCC[C@@H]1N[C@H](CNC(=O)c2ccc(-c3ccccc3)o2)CCN(CC(c2ccccc2)c2ccccc2)C1=O. The van der Waals surface area contributed by atoms with Gasteiger partial charge in [-0.1, -0.05) is 91.0 Å². The van der Waals surface area contributed by atoms with Crippen molar-refractivity contribution in [3.63, 3.8) is 0 Å². The Hall–Kier alpha value is -4.89. The summed E-state index contributed by atoms with van der Waals surface area (Å²) in [6.45, 7) is 1.96. The maximum atomic E-state index is 14.0. The first kappa shape index (κ1) is 30.6. The van der Waals surface area contributed by atoms with Gasteiger partial charge in [0.2, 0.25) is 5.91 Å². The van der Waals surface area contributed by atoms with Crippen molar-refractivity contribution in [2.45, 2.75) is 37.3 Å². The Morgan fingerprint density at radius 1 is 0.932 bits per heavy atom. The largest absolute Gasteiger partial charge is 0.451 e. The van der Waals surface area contributed by atoms with Crippen LogP contribution in [0.15, 0.2) is 108 Å². The number of nitrogens with one attached hydrogen (secondary N) is 4. The molecule has 4 aromatic rings. The topological polar surface area (TPSA) is 136 Å². The average molecular weight is 593 g/mol. The molecule has 1 aromatic heterocycles. The van der Waals surface area contributed by atoms with Crippen LogP contribution in [0.5, 0.6) is 0 Å². The van der Waals surface area contributed by atoms with E-state index in [0.717, 1.165) is 16.7 Å². The van der Waals surface area contributed by atoms with Gasteiger partial charge < -0.3 is 31.0 Å². The third-order valence-electron chi connectivity index (χ3n) is 7.98. The minimum absolute atomic E-state index is 0.0235. The van der Waals surface area contributed by atoms with Gasteiger partial charge in [-0.05, 0) is 42.5 Å². The van der Waals surface area contributed by atoms with Gasteiger partial charge in [-0.15, -0.1) is 0 Å². The van der Waals surface area contributed by atoms with Crippen LogP contribution in [0, 0.1) is 5.41 Å². The van der Waals surface area contributed by atoms with E-state index in [-0.39, 0.29) is 35.5 Å². The fourth-order valence-corrected chi connectivity index (χ4v) is 5.67. The first-order chi connectivity index (χ1) is 21.5. The van der Waals surface area contributed by atoms with Gasteiger partial charge in [-0.3, -0.25) is 15.0 Å². The van der Waals surface area contributed by atoms with E-state index in [2.05, 4.69) is 40.2 Å². The molecule has 0 bridgehead atoms. The first-order valence-corrected chi connectivity index (χ1v) is 15.1. The van der Waals surface area contributed by atoms with E-state index in [0.29, 0.717) is 51.2 Å². The molecule has 2 heterocycles. The Bertz CT molecular complexity index is 1470. The highest BCUT2D eigenvalue weighted by Gasteiger charge is 2.32. The maximum absolute atomic E-state index is 14.0. The standard InChI is InChI=1S/C35H40N6O3/c36-35(37)38-21-10-17-30-34(43)41(24-29(25-11-4-1-5-12-25)26-13-6-2-7-14-26)22-20-28(40-30)23-39-33(42)32-19-18-31(44-32)27-15-8-3-9-16-27/h1-9,11-16,18-19,28-30,40H,10,17,20-24H2,(H,39,42)(H4,36,37,38)/t28-,30-/m0/s1. The summed E-state index contributed by atoms with van der Waals surface area (Å²) >= 11 is 0. The zero-order valence-electron chi connectivity index (χ0n) is 24.7. The van der Waals surface area contributed by atoms with Crippen LogP contribution in [-0.2, 0) is 4.79 Å². The number of nitrogens with zero attached hydrogens (tertiary/aromatic N) is 1. The van der Waals surface area contributed by atoms with Crippen LogP contribution in [-0.4, -0.2) is 60.9 Å². The van der Waals surface area contributed by atoms with Gasteiger partial charge in [0.15, 0.2) is 11.7 Å². The van der Waals surface area contributed by atoms with Crippen molar-refractivity contribution in [1.82, 2.24) is 20.9 Å². The maximum Gasteiger partial charge on any atom is 0.287 e. The van der Waals surface area contributed by atoms with Crippen molar-refractivity contribution in [3.05, 3.63) is 120 Å². The van der Waals surface area contributed by atoms with Crippen LogP contribution in [0.25, 0.3) is 11.3 Å².